The van der Waals surface area contributed by atoms with Gasteiger partial charge in [0.15, 0.2) is 0 Å². The minimum atomic E-state index is 0.445. The summed E-state index contributed by atoms with van der Waals surface area (Å²) in [6.45, 7) is 8.20. The standard InChI is InChI=1S/C18H29NO2/c1-15(2)16-7-9-17(10-8-16)20-12-4-3-11-19-14-18-6-5-13-21-18/h7-10,15,18-19H,3-6,11-14H2,1-2H3/t18-/m0/s1. The lowest BCUT2D eigenvalue weighted by atomic mass is 10.0. The summed E-state index contributed by atoms with van der Waals surface area (Å²) in [6, 6.07) is 8.46. The zero-order valence-corrected chi connectivity index (χ0v) is 13.4. The number of nitrogens with one attached hydrogen (secondary N) is 1. The number of hydrogen-bond donors (Lipinski definition) is 1. The van der Waals surface area contributed by atoms with Gasteiger partial charge >= 0.3 is 0 Å². The molecule has 1 atom stereocenters. The van der Waals surface area contributed by atoms with Crippen LogP contribution in [0.1, 0.15) is 51.0 Å². The van der Waals surface area contributed by atoms with E-state index in [2.05, 4.69) is 43.4 Å². The highest BCUT2D eigenvalue weighted by molar-refractivity contribution is 5.28. The summed E-state index contributed by atoms with van der Waals surface area (Å²) in [5, 5.41) is 3.47. The summed E-state index contributed by atoms with van der Waals surface area (Å²) in [7, 11) is 0. The second kappa shape index (κ2) is 9.06. The Morgan fingerprint density at radius 3 is 2.71 bits per heavy atom. The Labute approximate surface area is 129 Å². The summed E-state index contributed by atoms with van der Waals surface area (Å²) < 4.78 is 11.3. The third-order valence-corrected chi connectivity index (χ3v) is 3.96. The maximum atomic E-state index is 5.77. The highest BCUT2D eigenvalue weighted by atomic mass is 16.5. The predicted molar refractivity (Wildman–Crippen MR) is 87.1 cm³/mol. The van der Waals surface area contributed by atoms with Crippen LogP contribution in [0.15, 0.2) is 24.3 Å². The van der Waals surface area contributed by atoms with Crippen molar-refractivity contribution in [3.63, 3.8) is 0 Å². The molecule has 1 N–H and O–H groups in total. The Balaban J connectivity index is 1.49. The molecule has 0 spiro atoms. The molecule has 0 aromatic heterocycles. The van der Waals surface area contributed by atoms with E-state index in [1.54, 1.807) is 0 Å². The van der Waals surface area contributed by atoms with Crippen molar-refractivity contribution in [2.45, 2.75) is 51.6 Å². The molecule has 2 rings (SSSR count). The molecule has 0 radical (unpaired) electrons. The van der Waals surface area contributed by atoms with E-state index < -0.39 is 0 Å². The molecule has 118 valence electrons. The Morgan fingerprint density at radius 2 is 2.05 bits per heavy atom. The summed E-state index contributed by atoms with van der Waals surface area (Å²) in [4.78, 5) is 0. The maximum absolute atomic E-state index is 5.77. The average Bonchev–Trinajstić information content (AvgIpc) is 3.00. The third kappa shape index (κ3) is 6.06. The Bertz CT molecular complexity index is 383. The molecule has 3 nitrogen and oxygen atoms in total. The SMILES string of the molecule is CC(C)c1ccc(OCCCCNC[C@@H]2CCCO2)cc1. The van der Waals surface area contributed by atoms with E-state index in [0.717, 1.165) is 44.9 Å². The lowest BCUT2D eigenvalue weighted by Gasteiger charge is -2.11. The van der Waals surface area contributed by atoms with E-state index in [9.17, 15) is 0 Å². The largest absolute Gasteiger partial charge is 0.494 e. The molecule has 1 aliphatic rings. The van der Waals surface area contributed by atoms with Gasteiger partial charge in [-0.3, -0.25) is 0 Å². The predicted octanol–water partition coefficient (Wildman–Crippen LogP) is 3.74. The lowest BCUT2D eigenvalue weighted by molar-refractivity contribution is 0.110. The number of hydrogen-bond acceptors (Lipinski definition) is 3. The summed E-state index contributed by atoms with van der Waals surface area (Å²) in [5.74, 6) is 1.56. The second-order valence-electron chi connectivity index (χ2n) is 6.12. The zero-order chi connectivity index (χ0) is 14.9. The minimum absolute atomic E-state index is 0.445. The van der Waals surface area contributed by atoms with Gasteiger partial charge in [-0.15, -0.1) is 0 Å². The van der Waals surface area contributed by atoms with Crippen molar-refractivity contribution in [3.05, 3.63) is 29.8 Å². The topological polar surface area (TPSA) is 30.5 Å². The van der Waals surface area contributed by atoms with E-state index in [-0.39, 0.29) is 0 Å². The molecule has 1 aromatic rings. The summed E-state index contributed by atoms with van der Waals surface area (Å²) in [5.41, 5.74) is 1.36. The monoisotopic (exact) mass is 291 g/mol. The molecule has 1 heterocycles. The van der Waals surface area contributed by atoms with Crippen molar-refractivity contribution in [1.29, 1.82) is 0 Å². The van der Waals surface area contributed by atoms with Gasteiger partial charge in [0.05, 0.1) is 12.7 Å². The highest BCUT2D eigenvalue weighted by Crippen LogP contribution is 2.18. The lowest BCUT2D eigenvalue weighted by Crippen LogP contribution is -2.27. The van der Waals surface area contributed by atoms with Crippen molar-refractivity contribution in [2.75, 3.05) is 26.3 Å². The van der Waals surface area contributed by atoms with Crippen LogP contribution in [0, 0.1) is 0 Å². The average molecular weight is 291 g/mol. The molecule has 0 saturated carbocycles. The molecule has 1 saturated heterocycles. The smallest absolute Gasteiger partial charge is 0.119 e. The molecule has 1 fully saturated rings. The van der Waals surface area contributed by atoms with Gasteiger partial charge in [-0.25, -0.2) is 0 Å². The van der Waals surface area contributed by atoms with Gasteiger partial charge in [0, 0.05) is 13.2 Å². The number of rotatable bonds is 9. The molecule has 1 aromatic carbocycles. The van der Waals surface area contributed by atoms with Crippen LogP contribution in [0.3, 0.4) is 0 Å². The molecule has 21 heavy (non-hydrogen) atoms. The Hall–Kier alpha value is -1.06. The van der Waals surface area contributed by atoms with E-state index in [4.69, 9.17) is 9.47 Å². The van der Waals surface area contributed by atoms with Gasteiger partial charge < -0.3 is 14.8 Å². The molecule has 0 unspecified atom stereocenters. The number of unbranched alkanes of at least 4 members (excludes halogenated alkanes) is 1. The maximum Gasteiger partial charge on any atom is 0.119 e. The fourth-order valence-electron chi connectivity index (χ4n) is 2.56. The van der Waals surface area contributed by atoms with Gasteiger partial charge in [-0.05, 0) is 55.8 Å². The van der Waals surface area contributed by atoms with Gasteiger partial charge in [0.25, 0.3) is 0 Å². The van der Waals surface area contributed by atoms with E-state index in [1.807, 2.05) is 0 Å². The Kier molecular flexibility index (Phi) is 7.04. The van der Waals surface area contributed by atoms with Crippen LogP contribution in [0.4, 0.5) is 0 Å². The van der Waals surface area contributed by atoms with E-state index in [1.165, 1.54) is 18.4 Å². The van der Waals surface area contributed by atoms with Crippen molar-refractivity contribution < 1.29 is 9.47 Å². The molecule has 0 amide bonds. The first-order valence-corrected chi connectivity index (χ1v) is 8.31. The normalized spacial score (nSPS) is 18.3. The first-order chi connectivity index (χ1) is 10.3. The van der Waals surface area contributed by atoms with E-state index >= 15 is 0 Å². The van der Waals surface area contributed by atoms with Crippen LogP contribution in [-0.4, -0.2) is 32.4 Å². The van der Waals surface area contributed by atoms with Crippen LogP contribution < -0.4 is 10.1 Å². The fraction of sp³-hybridized carbons (Fsp3) is 0.667. The van der Waals surface area contributed by atoms with Crippen molar-refractivity contribution in [1.82, 2.24) is 5.32 Å². The zero-order valence-electron chi connectivity index (χ0n) is 13.4. The minimum Gasteiger partial charge on any atom is -0.494 e. The molecule has 1 aliphatic heterocycles. The van der Waals surface area contributed by atoms with Crippen LogP contribution in [0.5, 0.6) is 5.75 Å². The van der Waals surface area contributed by atoms with Gasteiger partial charge in [0.1, 0.15) is 5.75 Å². The van der Waals surface area contributed by atoms with Crippen molar-refractivity contribution in [3.8, 4) is 5.75 Å². The van der Waals surface area contributed by atoms with Crippen LogP contribution in [0.25, 0.3) is 0 Å². The number of benzene rings is 1. The highest BCUT2D eigenvalue weighted by Gasteiger charge is 2.13. The molecular weight excluding hydrogens is 262 g/mol. The van der Waals surface area contributed by atoms with Crippen molar-refractivity contribution >= 4 is 0 Å². The fourth-order valence-corrected chi connectivity index (χ4v) is 2.56. The van der Waals surface area contributed by atoms with E-state index in [0.29, 0.717) is 12.0 Å². The van der Waals surface area contributed by atoms with Crippen LogP contribution in [-0.2, 0) is 4.74 Å². The van der Waals surface area contributed by atoms with Gasteiger partial charge in [0.2, 0.25) is 0 Å². The first-order valence-electron chi connectivity index (χ1n) is 8.31. The van der Waals surface area contributed by atoms with Gasteiger partial charge in [-0.1, -0.05) is 26.0 Å². The summed E-state index contributed by atoms with van der Waals surface area (Å²) in [6.07, 6.45) is 5.11. The number of ether oxygens (including phenoxy) is 2. The molecule has 0 bridgehead atoms. The molecule has 3 heteroatoms. The van der Waals surface area contributed by atoms with Crippen LogP contribution >= 0.6 is 0 Å². The van der Waals surface area contributed by atoms with Gasteiger partial charge in [-0.2, -0.15) is 0 Å². The molecule has 0 aliphatic carbocycles. The van der Waals surface area contributed by atoms with Crippen LogP contribution in [0.2, 0.25) is 0 Å². The first kappa shape index (κ1) is 16.3. The molecular formula is C18H29NO2. The third-order valence-electron chi connectivity index (χ3n) is 3.96. The van der Waals surface area contributed by atoms with Crippen molar-refractivity contribution in [2.24, 2.45) is 0 Å². The summed E-state index contributed by atoms with van der Waals surface area (Å²) >= 11 is 0. The Morgan fingerprint density at radius 1 is 1.24 bits per heavy atom. The quantitative estimate of drug-likeness (QED) is 0.703. The second-order valence-corrected chi connectivity index (χ2v) is 6.12.